The summed E-state index contributed by atoms with van der Waals surface area (Å²) < 4.78 is 21.7. The highest BCUT2D eigenvalue weighted by Crippen LogP contribution is 2.48. The Morgan fingerprint density at radius 1 is 1.25 bits per heavy atom. The average Bonchev–Trinajstić information content (AvgIpc) is 2.42. The van der Waals surface area contributed by atoms with Crippen molar-refractivity contribution in [3.8, 4) is 0 Å². The number of rotatable bonds is 2. The summed E-state index contributed by atoms with van der Waals surface area (Å²) in [6.45, 7) is 0. The lowest BCUT2D eigenvalue weighted by molar-refractivity contribution is 0.361. The van der Waals surface area contributed by atoms with E-state index in [0.717, 1.165) is 12.3 Å². The van der Waals surface area contributed by atoms with Crippen LogP contribution in [0, 0.1) is 17.8 Å². The van der Waals surface area contributed by atoms with Crippen LogP contribution >= 0.6 is 10.7 Å². The minimum absolute atomic E-state index is 0.204. The lowest BCUT2D eigenvalue weighted by Crippen LogP contribution is -2.18. The zero-order valence-electron chi connectivity index (χ0n) is 6.87. The van der Waals surface area contributed by atoms with Gasteiger partial charge in [0.2, 0.25) is 9.05 Å². The van der Waals surface area contributed by atoms with Gasteiger partial charge in [-0.3, -0.25) is 0 Å². The number of fused-ring (bicyclic) bond motifs is 2. The first-order chi connectivity index (χ1) is 5.54. The Balaban J connectivity index is 2.00. The molecule has 0 aliphatic heterocycles. The third-order valence-electron chi connectivity index (χ3n) is 3.30. The second-order valence-corrected chi connectivity index (χ2v) is 6.96. The highest BCUT2D eigenvalue weighted by molar-refractivity contribution is 8.13. The van der Waals surface area contributed by atoms with Crippen LogP contribution in [0.1, 0.15) is 25.7 Å². The summed E-state index contributed by atoms with van der Waals surface area (Å²) in [6, 6.07) is 0. The predicted octanol–water partition coefficient (Wildman–Crippen LogP) is 1.99. The molecule has 0 aromatic rings. The molecule has 2 aliphatic rings. The van der Waals surface area contributed by atoms with Gasteiger partial charge in [0.25, 0.3) is 0 Å². The Morgan fingerprint density at radius 3 is 2.42 bits per heavy atom. The fourth-order valence-corrected chi connectivity index (χ4v) is 4.24. The minimum atomic E-state index is -3.26. The van der Waals surface area contributed by atoms with Gasteiger partial charge < -0.3 is 0 Å². The molecule has 3 atom stereocenters. The molecule has 2 fully saturated rings. The largest absolute Gasteiger partial charge is 0.232 e. The summed E-state index contributed by atoms with van der Waals surface area (Å²) in [5, 5.41) is 0. The fraction of sp³-hybridized carbons (Fsp3) is 1.00. The Hall–Kier alpha value is 0.240. The number of halogens is 1. The maximum atomic E-state index is 10.8. The molecule has 2 nitrogen and oxygen atoms in total. The summed E-state index contributed by atoms with van der Waals surface area (Å²) in [4.78, 5) is 0. The van der Waals surface area contributed by atoms with Gasteiger partial charge in [-0.2, -0.15) is 0 Å². The molecule has 70 valence electrons. The van der Waals surface area contributed by atoms with Crippen molar-refractivity contribution in [2.24, 2.45) is 17.8 Å². The van der Waals surface area contributed by atoms with Crippen molar-refractivity contribution >= 4 is 19.7 Å². The molecule has 0 aromatic carbocycles. The van der Waals surface area contributed by atoms with E-state index in [4.69, 9.17) is 10.7 Å². The summed E-state index contributed by atoms with van der Waals surface area (Å²) >= 11 is 0. The molecule has 4 heteroatoms. The van der Waals surface area contributed by atoms with E-state index < -0.39 is 9.05 Å². The van der Waals surface area contributed by atoms with Crippen molar-refractivity contribution in [2.75, 3.05) is 5.75 Å². The molecule has 2 rings (SSSR count). The molecule has 0 N–H and O–H groups in total. The van der Waals surface area contributed by atoms with Crippen LogP contribution in [-0.2, 0) is 9.05 Å². The van der Waals surface area contributed by atoms with Crippen molar-refractivity contribution in [3.05, 3.63) is 0 Å². The molecular formula is C8H13ClO2S. The maximum Gasteiger partial charge on any atom is 0.232 e. The minimum Gasteiger partial charge on any atom is -0.212 e. The SMILES string of the molecule is O=S(=O)(Cl)C[C@@H]1C[C@H]2CC[C@H]1C2. The van der Waals surface area contributed by atoms with Crippen LogP contribution in [0.25, 0.3) is 0 Å². The van der Waals surface area contributed by atoms with E-state index >= 15 is 0 Å². The quantitative estimate of drug-likeness (QED) is 0.651. The molecule has 2 bridgehead atoms. The van der Waals surface area contributed by atoms with Crippen molar-refractivity contribution in [1.29, 1.82) is 0 Å². The second kappa shape index (κ2) is 2.88. The topological polar surface area (TPSA) is 34.1 Å². The molecule has 0 unspecified atom stereocenters. The second-order valence-electron chi connectivity index (χ2n) is 4.14. The smallest absolute Gasteiger partial charge is 0.212 e. The van der Waals surface area contributed by atoms with Gasteiger partial charge in [0, 0.05) is 10.7 Å². The van der Waals surface area contributed by atoms with Crippen LogP contribution in [0.2, 0.25) is 0 Å². The average molecular weight is 209 g/mol. The maximum absolute atomic E-state index is 10.8. The van der Waals surface area contributed by atoms with Crippen molar-refractivity contribution in [1.82, 2.24) is 0 Å². The first-order valence-corrected chi connectivity index (χ1v) is 6.95. The molecule has 12 heavy (non-hydrogen) atoms. The van der Waals surface area contributed by atoms with E-state index in [1.807, 2.05) is 0 Å². The van der Waals surface area contributed by atoms with Crippen molar-refractivity contribution < 1.29 is 8.42 Å². The molecular weight excluding hydrogens is 196 g/mol. The number of hydrogen-bond acceptors (Lipinski definition) is 2. The normalized spacial score (nSPS) is 40.6. The monoisotopic (exact) mass is 208 g/mol. The Kier molecular flexibility index (Phi) is 2.11. The van der Waals surface area contributed by atoms with Gasteiger partial charge in [-0.25, -0.2) is 8.42 Å². The molecule has 0 amide bonds. The zero-order chi connectivity index (χ0) is 8.77. The standard InChI is InChI=1S/C8H13ClO2S/c9-12(10,11)5-8-4-6-1-2-7(8)3-6/h6-8H,1-5H2/t6-,7-,8-/m0/s1. The van der Waals surface area contributed by atoms with Crippen molar-refractivity contribution in [2.45, 2.75) is 25.7 Å². The van der Waals surface area contributed by atoms with Crippen molar-refractivity contribution in [3.63, 3.8) is 0 Å². The van der Waals surface area contributed by atoms with Crippen LogP contribution in [0.4, 0.5) is 0 Å². The van der Waals surface area contributed by atoms with Gasteiger partial charge >= 0.3 is 0 Å². The summed E-state index contributed by atoms with van der Waals surface area (Å²) in [6.07, 6.45) is 4.87. The molecule has 0 heterocycles. The van der Waals surface area contributed by atoms with Crippen LogP contribution in [0.5, 0.6) is 0 Å². The molecule has 0 spiro atoms. The molecule has 0 saturated heterocycles. The molecule has 0 radical (unpaired) electrons. The van der Waals surface area contributed by atoms with Gasteiger partial charge in [0.1, 0.15) is 0 Å². The summed E-state index contributed by atoms with van der Waals surface area (Å²) in [5.74, 6) is 2.03. The van der Waals surface area contributed by atoms with E-state index in [9.17, 15) is 8.42 Å². The Bertz CT molecular complexity index is 273. The zero-order valence-corrected chi connectivity index (χ0v) is 8.44. The van der Waals surface area contributed by atoms with Gasteiger partial charge in [0.15, 0.2) is 0 Å². The summed E-state index contributed by atoms with van der Waals surface area (Å²) in [7, 11) is 1.96. The Morgan fingerprint density at radius 2 is 2.00 bits per heavy atom. The van der Waals surface area contributed by atoms with E-state index in [0.29, 0.717) is 11.8 Å². The highest BCUT2D eigenvalue weighted by Gasteiger charge is 2.40. The van der Waals surface area contributed by atoms with E-state index in [-0.39, 0.29) is 5.75 Å². The lowest BCUT2D eigenvalue weighted by atomic mass is 9.90. The van der Waals surface area contributed by atoms with Gasteiger partial charge in [-0.15, -0.1) is 0 Å². The molecule has 2 saturated carbocycles. The summed E-state index contributed by atoms with van der Waals surface area (Å²) in [5.41, 5.74) is 0. The predicted molar refractivity (Wildman–Crippen MR) is 48.6 cm³/mol. The highest BCUT2D eigenvalue weighted by atomic mass is 35.7. The van der Waals surface area contributed by atoms with Crippen LogP contribution in [0.15, 0.2) is 0 Å². The van der Waals surface area contributed by atoms with E-state index in [1.165, 1.54) is 19.3 Å². The van der Waals surface area contributed by atoms with Gasteiger partial charge in [0.05, 0.1) is 5.75 Å². The molecule has 2 aliphatic carbocycles. The fourth-order valence-electron chi connectivity index (χ4n) is 2.84. The van der Waals surface area contributed by atoms with E-state index in [2.05, 4.69) is 0 Å². The van der Waals surface area contributed by atoms with Crippen LogP contribution in [0.3, 0.4) is 0 Å². The number of hydrogen-bond donors (Lipinski definition) is 0. The first kappa shape index (κ1) is 8.82. The first-order valence-electron chi connectivity index (χ1n) is 4.47. The third-order valence-corrected chi connectivity index (χ3v) is 4.50. The van der Waals surface area contributed by atoms with E-state index in [1.54, 1.807) is 0 Å². The van der Waals surface area contributed by atoms with Gasteiger partial charge in [-0.1, -0.05) is 6.42 Å². The lowest BCUT2D eigenvalue weighted by Gasteiger charge is -2.19. The van der Waals surface area contributed by atoms with Crippen LogP contribution in [-0.4, -0.2) is 14.2 Å². The van der Waals surface area contributed by atoms with Crippen LogP contribution < -0.4 is 0 Å². The third kappa shape index (κ3) is 1.77. The van der Waals surface area contributed by atoms with Gasteiger partial charge in [-0.05, 0) is 37.0 Å². The molecule has 0 aromatic heterocycles. The Labute approximate surface area is 77.7 Å².